The van der Waals surface area contributed by atoms with Crippen LogP contribution in [0.4, 0.5) is 9.59 Å². The predicted molar refractivity (Wildman–Crippen MR) is 84.5 cm³/mol. The summed E-state index contributed by atoms with van der Waals surface area (Å²) in [6.45, 7) is 0. The van der Waals surface area contributed by atoms with Crippen LogP contribution in [0.1, 0.15) is 31.2 Å². The Bertz CT molecular complexity index is 597. The lowest BCUT2D eigenvalue weighted by molar-refractivity contribution is 0.199. The molecule has 0 saturated heterocycles. The second kappa shape index (κ2) is 7.48. The number of ether oxygens (including phenoxy) is 2. The highest BCUT2D eigenvalue weighted by Gasteiger charge is 2.19. The summed E-state index contributed by atoms with van der Waals surface area (Å²) in [5.41, 5.74) is 10.6. The molecular weight excluding hydrogens is 300 g/mol. The second-order valence-electron chi connectivity index (χ2n) is 5.17. The lowest BCUT2D eigenvalue weighted by Gasteiger charge is -2.16. The Morgan fingerprint density at radius 1 is 1.22 bits per heavy atom. The van der Waals surface area contributed by atoms with Gasteiger partial charge in [0, 0.05) is 0 Å². The summed E-state index contributed by atoms with van der Waals surface area (Å²) in [6, 6.07) is 3.06. The number of rotatable bonds is 5. The smallest absolute Gasteiger partial charge is 0.344 e. The zero-order valence-electron chi connectivity index (χ0n) is 12.9. The summed E-state index contributed by atoms with van der Waals surface area (Å²) < 4.78 is 11.2. The number of carbonyl (C=O) groups excluding carboxylic acids is 2. The van der Waals surface area contributed by atoms with Crippen LogP contribution in [-0.2, 0) is 0 Å². The molecule has 8 nitrogen and oxygen atoms in total. The van der Waals surface area contributed by atoms with Crippen LogP contribution in [0.3, 0.4) is 0 Å². The van der Waals surface area contributed by atoms with Crippen molar-refractivity contribution in [2.75, 3.05) is 7.11 Å². The molecule has 0 unspecified atom stereocenters. The van der Waals surface area contributed by atoms with Gasteiger partial charge in [0.2, 0.25) is 0 Å². The molecule has 8 heteroatoms. The topological polar surface area (TPSA) is 120 Å². The van der Waals surface area contributed by atoms with Crippen molar-refractivity contribution < 1.29 is 19.1 Å². The first-order valence-electron chi connectivity index (χ1n) is 7.29. The minimum absolute atomic E-state index is 0.170. The molecule has 0 bridgehead atoms. The SMILES string of the molecule is COc1ccc(C=NN(C(N)=O)C(N)=O)cc1OC1CCCC1. The molecule has 23 heavy (non-hydrogen) atoms. The van der Waals surface area contributed by atoms with Crippen molar-refractivity contribution >= 4 is 18.3 Å². The van der Waals surface area contributed by atoms with Crippen LogP contribution in [0, 0.1) is 0 Å². The number of hydrogen-bond acceptors (Lipinski definition) is 5. The lowest BCUT2D eigenvalue weighted by Crippen LogP contribution is -2.40. The van der Waals surface area contributed by atoms with Gasteiger partial charge >= 0.3 is 12.1 Å². The molecule has 4 amide bonds. The molecule has 4 N–H and O–H groups in total. The lowest BCUT2D eigenvalue weighted by atomic mass is 10.2. The Kier molecular flexibility index (Phi) is 5.40. The van der Waals surface area contributed by atoms with Crippen molar-refractivity contribution in [3.63, 3.8) is 0 Å². The summed E-state index contributed by atoms with van der Waals surface area (Å²) in [4.78, 5) is 22.1. The summed E-state index contributed by atoms with van der Waals surface area (Å²) in [5.74, 6) is 1.20. The number of urea groups is 2. The highest BCUT2D eigenvalue weighted by atomic mass is 16.5. The van der Waals surface area contributed by atoms with E-state index >= 15 is 0 Å². The van der Waals surface area contributed by atoms with Gasteiger partial charge in [0.05, 0.1) is 19.4 Å². The fraction of sp³-hybridized carbons (Fsp3) is 0.400. The minimum Gasteiger partial charge on any atom is -0.493 e. The molecule has 124 valence electrons. The van der Waals surface area contributed by atoms with E-state index in [4.69, 9.17) is 20.9 Å². The maximum atomic E-state index is 11.0. The number of hydrazone groups is 1. The van der Waals surface area contributed by atoms with Crippen molar-refractivity contribution in [2.24, 2.45) is 16.6 Å². The molecule has 0 spiro atoms. The number of carbonyl (C=O) groups is 2. The number of hydrogen-bond donors (Lipinski definition) is 2. The van der Waals surface area contributed by atoms with Gasteiger partial charge in [0.25, 0.3) is 0 Å². The normalized spacial score (nSPS) is 14.8. The zero-order valence-corrected chi connectivity index (χ0v) is 12.9. The second-order valence-corrected chi connectivity index (χ2v) is 5.17. The van der Waals surface area contributed by atoms with E-state index in [0.717, 1.165) is 25.7 Å². The molecule has 0 aliphatic heterocycles. The Morgan fingerprint density at radius 3 is 2.43 bits per heavy atom. The third-order valence-corrected chi connectivity index (χ3v) is 3.52. The summed E-state index contributed by atoms with van der Waals surface area (Å²) in [7, 11) is 1.56. The fourth-order valence-corrected chi connectivity index (χ4v) is 2.40. The van der Waals surface area contributed by atoms with Gasteiger partial charge in [-0.1, -0.05) is 0 Å². The van der Waals surface area contributed by atoms with Gasteiger partial charge in [0.1, 0.15) is 0 Å². The maximum absolute atomic E-state index is 11.0. The first kappa shape index (κ1) is 16.6. The van der Waals surface area contributed by atoms with E-state index in [1.165, 1.54) is 6.21 Å². The Balaban J connectivity index is 2.18. The number of nitrogens with two attached hydrogens (primary N) is 2. The van der Waals surface area contributed by atoms with Gasteiger partial charge in [-0.05, 0) is 49.4 Å². The van der Waals surface area contributed by atoms with Crippen LogP contribution in [0.25, 0.3) is 0 Å². The highest BCUT2D eigenvalue weighted by Crippen LogP contribution is 2.32. The van der Waals surface area contributed by atoms with Crippen LogP contribution in [0.15, 0.2) is 23.3 Å². The number of methoxy groups -OCH3 is 1. The molecule has 1 aliphatic carbocycles. The van der Waals surface area contributed by atoms with E-state index in [1.54, 1.807) is 25.3 Å². The Hall–Kier alpha value is -2.77. The van der Waals surface area contributed by atoms with Crippen molar-refractivity contribution in [1.82, 2.24) is 5.01 Å². The maximum Gasteiger partial charge on any atom is 0.344 e. The van der Waals surface area contributed by atoms with Crippen LogP contribution < -0.4 is 20.9 Å². The molecule has 1 aromatic rings. The van der Waals surface area contributed by atoms with Crippen molar-refractivity contribution in [2.45, 2.75) is 31.8 Å². The van der Waals surface area contributed by atoms with E-state index in [-0.39, 0.29) is 6.10 Å². The molecule has 0 radical (unpaired) electrons. The van der Waals surface area contributed by atoms with Crippen LogP contribution in [-0.4, -0.2) is 36.5 Å². The van der Waals surface area contributed by atoms with Gasteiger partial charge in [0.15, 0.2) is 11.5 Å². The third kappa shape index (κ3) is 4.35. The van der Waals surface area contributed by atoms with E-state index in [1.807, 2.05) is 0 Å². The van der Waals surface area contributed by atoms with Gasteiger partial charge in [-0.2, -0.15) is 5.10 Å². The van der Waals surface area contributed by atoms with Crippen molar-refractivity contribution in [3.05, 3.63) is 23.8 Å². The zero-order chi connectivity index (χ0) is 16.8. The summed E-state index contributed by atoms with van der Waals surface area (Å²) >= 11 is 0. The minimum atomic E-state index is -1.05. The van der Waals surface area contributed by atoms with Crippen molar-refractivity contribution in [3.8, 4) is 11.5 Å². The molecule has 0 aromatic heterocycles. The molecule has 0 atom stereocenters. The molecule has 1 aliphatic rings. The van der Waals surface area contributed by atoms with Gasteiger partial charge in [-0.3, -0.25) is 0 Å². The van der Waals surface area contributed by atoms with Gasteiger partial charge < -0.3 is 20.9 Å². The average molecular weight is 320 g/mol. The monoisotopic (exact) mass is 320 g/mol. The van der Waals surface area contributed by atoms with Crippen molar-refractivity contribution in [1.29, 1.82) is 0 Å². The van der Waals surface area contributed by atoms with Crippen LogP contribution >= 0.6 is 0 Å². The van der Waals surface area contributed by atoms with E-state index < -0.39 is 12.1 Å². The largest absolute Gasteiger partial charge is 0.493 e. The van der Waals surface area contributed by atoms with E-state index in [2.05, 4.69) is 5.10 Å². The molecule has 0 heterocycles. The Labute approximate surface area is 134 Å². The standard InChI is InChI=1S/C15H20N4O4/c1-22-12-7-6-10(9-18-19(14(16)20)15(17)21)8-13(12)23-11-4-2-3-5-11/h6-9,11H,2-5H2,1H3,(H2,16,20)(H2,17,21). The van der Waals surface area contributed by atoms with Crippen LogP contribution in [0.5, 0.6) is 11.5 Å². The van der Waals surface area contributed by atoms with E-state index in [0.29, 0.717) is 22.1 Å². The number of nitrogens with zero attached hydrogens (tertiary/aromatic N) is 2. The van der Waals surface area contributed by atoms with Crippen LogP contribution in [0.2, 0.25) is 0 Å². The fourth-order valence-electron chi connectivity index (χ4n) is 2.40. The van der Waals surface area contributed by atoms with E-state index in [9.17, 15) is 9.59 Å². The molecular formula is C15H20N4O4. The Morgan fingerprint density at radius 2 is 1.87 bits per heavy atom. The number of primary amides is 2. The number of imide groups is 1. The third-order valence-electron chi connectivity index (χ3n) is 3.52. The quantitative estimate of drug-likeness (QED) is 0.635. The number of benzene rings is 1. The molecule has 1 saturated carbocycles. The first-order chi connectivity index (χ1) is 11.0. The number of amides is 4. The average Bonchev–Trinajstić information content (AvgIpc) is 3.00. The first-order valence-corrected chi connectivity index (χ1v) is 7.29. The highest BCUT2D eigenvalue weighted by molar-refractivity contribution is 5.93. The molecule has 1 aromatic carbocycles. The molecule has 2 rings (SSSR count). The van der Waals surface area contributed by atoms with Gasteiger partial charge in [-0.15, -0.1) is 5.01 Å². The molecule has 1 fully saturated rings. The predicted octanol–water partition coefficient (Wildman–Crippen LogP) is 1.81. The van der Waals surface area contributed by atoms with Gasteiger partial charge in [-0.25, -0.2) is 9.59 Å². The summed E-state index contributed by atoms with van der Waals surface area (Å²) in [6.07, 6.45) is 5.80. The summed E-state index contributed by atoms with van der Waals surface area (Å²) in [5, 5.41) is 4.06.